The number of nitriles is 1. The number of allylic oxidation sites excluding steroid dienone is 2. The highest BCUT2D eigenvalue weighted by atomic mass is 16.5. The smallest absolute Gasteiger partial charge is 0.338 e. The maximum absolute atomic E-state index is 12.6. The van der Waals surface area contributed by atoms with Crippen LogP contribution in [0.5, 0.6) is 11.5 Å². The van der Waals surface area contributed by atoms with E-state index in [9.17, 15) is 10.1 Å². The second kappa shape index (κ2) is 8.30. The molecular formula is C19H22N2O5. The Morgan fingerprint density at radius 3 is 2.58 bits per heavy atom. The highest BCUT2D eigenvalue weighted by molar-refractivity contribution is 5.93. The van der Waals surface area contributed by atoms with Gasteiger partial charge in [-0.25, -0.2) is 4.79 Å². The molecule has 0 aromatic heterocycles. The van der Waals surface area contributed by atoms with Crippen molar-refractivity contribution < 1.29 is 23.7 Å². The molecule has 0 spiro atoms. The van der Waals surface area contributed by atoms with Crippen molar-refractivity contribution in [3.05, 3.63) is 46.6 Å². The number of hydrogen-bond donors (Lipinski definition) is 1. The van der Waals surface area contributed by atoms with E-state index in [-0.39, 0.29) is 23.6 Å². The first-order valence-corrected chi connectivity index (χ1v) is 8.21. The number of carbonyl (C=O) groups excluding carboxylic acids is 1. The molecule has 0 radical (unpaired) electrons. The summed E-state index contributed by atoms with van der Waals surface area (Å²) in [6.07, 6.45) is 0.419. The lowest BCUT2D eigenvalue weighted by molar-refractivity contribution is -0.139. The lowest BCUT2D eigenvalue weighted by Crippen LogP contribution is -2.26. The fraction of sp³-hybridized carbons (Fsp3) is 0.368. The Morgan fingerprint density at radius 1 is 1.31 bits per heavy atom. The standard InChI is InChI=1S/C19H22N2O5/c1-5-14-17(19(22)25-6-2)16(13(10-20)18(21)26-14)12-8-7-11(23-3)9-15(12)24-4/h7-9,16H,5-6,21H2,1-4H3/t16-/m1/s1. The van der Waals surface area contributed by atoms with Gasteiger partial charge < -0.3 is 24.7 Å². The van der Waals surface area contributed by atoms with Crippen molar-refractivity contribution >= 4 is 5.97 Å². The minimum Gasteiger partial charge on any atom is -0.497 e. The van der Waals surface area contributed by atoms with Crippen LogP contribution in [0.4, 0.5) is 0 Å². The molecule has 0 unspecified atom stereocenters. The van der Waals surface area contributed by atoms with Crippen molar-refractivity contribution in [3.8, 4) is 17.6 Å². The van der Waals surface area contributed by atoms with Gasteiger partial charge in [0.05, 0.1) is 32.3 Å². The molecule has 1 heterocycles. The van der Waals surface area contributed by atoms with Crippen molar-refractivity contribution in [2.24, 2.45) is 5.73 Å². The number of methoxy groups -OCH3 is 2. The first-order valence-electron chi connectivity index (χ1n) is 8.21. The molecule has 0 saturated carbocycles. The molecule has 1 atom stereocenters. The Balaban J connectivity index is 2.73. The summed E-state index contributed by atoms with van der Waals surface area (Å²) in [4.78, 5) is 12.6. The highest BCUT2D eigenvalue weighted by Gasteiger charge is 2.38. The van der Waals surface area contributed by atoms with E-state index >= 15 is 0 Å². The van der Waals surface area contributed by atoms with E-state index in [1.54, 1.807) is 32.2 Å². The Hall–Kier alpha value is -3.14. The summed E-state index contributed by atoms with van der Waals surface area (Å²) < 4.78 is 21.4. The van der Waals surface area contributed by atoms with Gasteiger partial charge in [0.25, 0.3) is 0 Å². The van der Waals surface area contributed by atoms with Crippen LogP contribution in [0.1, 0.15) is 31.7 Å². The van der Waals surface area contributed by atoms with E-state index in [1.165, 1.54) is 7.11 Å². The number of nitrogens with two attached hydrogens (primary N) is 1. The third kappa shape index (κ3) is 3.45. The number of hydrogen-bond acceptors (Lipinski definition) is 7. The Kier molecular flexibility index (Phi) is 6.12. The van der Waals surface area contributed by atoms with Crippen LogP contribution in [0.2, 0.25) is 0 Å². The van der Waals surface area contributed by atoms with Crippen LogP contribution < -0.4 is 15.2 Å². The van der Waals surface area contributed by atoms with Crippen LogP contribution >= 0.6 is 0 Å². The predicted octanol–water partition coefficient (Wildman–Crippen LogP) is 2.74. The molecular weight excluding hydrogens is 336 g/mol. The molecule has 26 heavy (non-hydrogen) atoms. The second-order valence-electron chi connectivity index (χ2n) is 5.44. The van der Waals surface area contributed by atoms with E-state index in [1.807, 2.05) is 6.92 Å². The summed E-state index contributed by atoms with van der Waals surface area (Å²) in [6, 6.07) is 7.21. The van der Waals surface area contributed by atoms with Crippen molar-refractivity contribution in [2.45, 2.75) is 26.2 Å². The van der Waals surface area contributed by atoms with Gasteiger partial charge >= 0.3 is 5.97 Å². The molecule has 1 aromatic carbocycles. The normalized spacial score (nSPS) is 16.7. The molecule has 0 aliphatic carbocycles. The molecule has 0 amide bonds. The Bertz CT molecular complexity index is 805. The van der Waals surface area contributed by atoms with Gasteiger partial charge in [0, 0.05) is 18.1 Å². The molecule has 2 N–H and O–H groups in total. The molecule has 1 aromatic rings. The van der Waals surface area contributed by atoms with Crippen molar-refractivity contribution in [1.82, 2.24) is 0 Å². The summed E-state index contributed by atoms with van der Waals surface area (Å²) in [5.74, 6) is 0.110. The molecule has 1 aliphatic heterocycles. The van der Waals surface area contributed by atoms with E-state index in [4.69, 9.17) is 24.7 Å². The molecule has 0 saturated heterocycles. The SMILES string of the molecule is CCOC(=O)C1=C(CC)OC(N)=C(C#N)[C@H]1c1ccc(OC)cc1OC. The fourth-order valence-electron chi connectivity index (χ4n) is 2.88. The predicted molar refractivity (Wildman–Crippen MR) is 94.1 cm³/mol. The average Bonchev–Trinajstić information content (AvgIpc) is 2.66. The number of rotatable bonds is 6. The van der Waals surface area contributed by atoms with Gasteiger partial charge in [-0.05, 0) is 13.0 Å². The summed E-state index contributed by atoms with van der Waals surface area (Å²) >= 11 is 0. The second-order valence-corrected chi connectivity index (χ2v) is 5.44. The van der Waals surface area contributed by atoms with Crippen molar-refractivity contribution in [2.75, 3.05) is 20.8 Å². The zero-order valence-corrected chi connectivity index (χ0v) is 15.3. The third-order valence-electron chi connectivity index (χ3n) is 4.06. The van der Waals surface area contributed by atoms with Crippen molar-refractivity contribution in [3.63, 3.8) is 0 Å². The lowest BCUT2D eigenvalue weighted by atomic mass is 9.82. The van der Waals surface area contributed by atoms with Crippen LogP contribution in [-0.4, -0.2) is 26.8 Å². The van der Waals surface area contributed by atoms with Crippen LogP contribution in [-0.2, 0) is 14.3 Å². The Labute approximate surface area is 152 Å². The van der Waals surface area contributed by atoms with Crippen LogP contribution in [0.3, 0.4) is 0 Å². The summed E-state index contributed by atoms with van der Waals surface area (Å²) in [6.45, 7) is 3.75. The highest BCUT2D eigenvalue weighted by Crippen LogP contribution is 2.44. The van der Waals surface area contributed by atoms with Crippen LogP contribution in [0.15, 0.2) is 41.0 Å². The van der Waals surface area contributed by atoms with E-state index in [2.05, 4.69) is 6.07 Å². The van der Waals surface area contributed by atoms with Gasteiger partial charge in [-0.15, -0.1) is 0 Å². The first kappa shape index (κ1) is 19.2. The lowest BCUT2D eigenvalue weighted by Gasteiger charge is -2.28. The molecule has 0 fully saturated rings. The van der Waals surface area contributed by atoms with Gasteiger partial charge in [-0.2, -0.15) is 5.26 Å². The maximum atomic E-state index is 12.6. The molecule has 138 valence electrons. The van der Waals surface area contributed by atoms with Gasteiger partial charge in [-0.1, -0.05) is 13.0 Å². The zero-order chi connectivity index (χ0) is 19.3. The number of esters is 1. The zero-order valence-electron chi connectivity index (χ0n) is 15.3. The van der Waals surface area contributed by atoms with E-state index < -0.39 is 11.9 Å². The largest absolute Gasteiger partial charge is 0.497 e. The quantitative estimate of drug-likeness (QED) is 0.780. The van der Waals surface area contributed by atoms with Gasteiger partial charge in [0.15, 0.2) is 0 Å². The topological polar surface area (TPSA) is 104 Å². The summed E-state index contributed by atoms with van der Waals surface area (Å²) in [5, 5.41) is 9.64. The molecule has 7 heteroatoms. The maximum Gasteiger partial charge on any atom is 0.338 e. The minimum atomic E-state index is -0.747. The molecule has 0 bridgehead atoms. The summed E-state index contributed by atoms with van der Waals surface area (Å²) in [5.41, 5.74) is 6.94. The van der Waals surface area contributed by atoms with Gasteiger partial charge in [-0.3, -0.25) is 0 Å². The monoisotopic (exact) mass is 358 g/mol. The fourth-order valence-corrected chi connectivity index (χ4v) is 2.88. The first-order chi connectivity index (χ1) is 12.5. The van der Waals surface area contributed by atoms with Crippen molar-refractivity contribution in [1.29, 1.82) is 5.26 Å². The minimum absolute atomic E-state index is 0.0275. The molecule has 7 nitrogen and oxygen atoms in total. The summed E-state index contributed by atoms with van der Waals surface area (Å²) in [7, 11) is 3.05. The van der Waals surface area contributed by atoms with Crippen LogP contribution in [0, 0.1) is 11.3 Å². The van der Waals surface area contributed by atoms with Gasteiger partial charge in [0.1, 0.15) is 28.9 Å². The van der Waals surface area contributed by atoms with E-state index in [0.717, 1.165) is 0 Å². The third-order valence-corrected chi connectivity index (χ3v) is 4.06. The molecule has 1 aliphatic rings. The van der Waals surface area contributed by atoms with E-state index in [0.29, 0.717) is 29.2 Å². The van der Waals surface area contributed by atoms with Gasteiger partial charge in [0.2, 0.25) is 5.88 Å². The number of nitrogens with zero attached hydrogens (tertiary/aromatic N) is 1. The number of carbonyl (C=O) groups is 1. The molecule has 2 rings (SSSR count). The number of benzene rings is 1. The average molecular weight is 358 g/mol. The van der Waals surface area contributed by atoms with Crippen LogP contribution in [0.25, 0.3) is 0 Å². The Morgan fingerprint density at radius 2 is 2.04 bits per heavy atom. The number of ether oxygens (including phenoxy) is 4.